The Labute approximate surface area is 130 Å². The van der Waals surface area contributed by atoms with Crippen molar-refractivity contribution in [2.24, 2.45) is 5.92 Å². The standard InChI is InChI=1S/C17H29NO.ClH/c1-14(2)12-13-19-17-10-8-16(9-11-17)7-6-15(3)18(4)5;/h8-11,14-15H,6-7,12-13H2,1-5H3;1H. The van der Waals surface area contributed by atoms with Crippen molar-refractivity contribution in [2.75, 3.05) is 20.7 Å². The van der Waals surface area contributed by atoms with Crippen LogP contribution in [0, 0.1) is 5.92 Å². The maximum absolute atomic E-state index is 5.73. The van der Waals surface area contributed by atoms with E-state index in [0.717, 1.165) is 25.2 Å². The molecule has 0 aliphatic carbocycles. The fraction of sp³-hybridized carbons (Fsp3) is 0.647. The first-order chi connectivity index (χ1) is 8.99. The lowest BCUT2D eigenvalue weighted by molar-refractivity contribution is 0.289. The second kappa shape index (κ2) is 10.1. The number of aryl methyl sites for hydroxylation is 1. The SMILES string of the molecule is CC(C)CCOc1ccc(CCC(C)N(C)C)cc1.Cl. The molecule has 1 aromatic rings. The second-order valence-corrected chi connectivity index (χ2v) is 6.03. The summed E-state index contributed by atoms with van der Waals surface area (Å²) in [7, 11) is 4.27. The highest BCUT2D eigenvalue weighted by Gasteiger charge is 2.04. The summed E-state index contributed by atoms with van der Waals surface area (Å²) in [5, 5.41) is 0. The molecule has 0 heterocycles. The van der Waals surface area contributed by atoms with Crippen molar-refractivity contribution >= 4 is 12.4 Å². The molecular weight excluding hydrogens is 270 g/mol. The van der Waals surface area contributed by atoms with Gasteiger partial charge in [0.25, 0.3) is 0 Å². The molecule has 3 heteroatoms. The second-order valence-electron chi connectivity index (χ2n) is 6.03. The van der Waals surface area contributed by atoms with Crippen LogP contribution in [0.5, 0.6) is 5.75 Å². The Morgan fingerprint density at radius 3 is 2.10 bits per heavy atom. The summed E-state index contributed by atoms with van der Waals surface area (Å²) in [5.74, 6) is 1.69. The lowest BCUT2D eigenvalue weighted by Gasteiger charge is -2.19. The number of nitrogens with zero attached hydrogens (tertiary/aromatic N) is 1. The van der Waals surface area contributed by atoms with E-state index >= 15 is 0 Å². The maximum atomic E-state index is 5.73. The van der Waals surface area contributed by atoms with Crippen LogP contribution in [0.15, 0.2) is 24.3 Å². The summed E-state index contributed by atoms with van der Waals surface area (Å²) in [5.41, 5.74) is 1.39. The van der Waals surface area contributed by atoms with E-state index in [0.29, 0.717) is 12.0 Å². The molecule has 0 aliphatic rings. The van der Waals surface area contributed by atoms with Gasteiger partial charge in [0.2, 0.25) is 0 Å². The number of rotatable bonds is 8. The van der Waals surface area contributed by atoms with Gasteiger partial charge in [-0.2, -0.15) is 0 Å². The van der Waals surface area contributed by atoms with Gasteiger partial charge in [0.05, 0.1) is 6.61 Å². The average molecular weight is 300 g/mol. The molecule has 0 radical (unpaired) electrons. The lowest BCUT2D eigenvalue weighted by atomic mass is 10.1. The van der Waals surface area contributed by atoms with E-state index in [1.807, 2.05) is 0 Å². The largest absolute Gasteiger partial charge is 0.494 e. The van der Waals surface area contributed by atoms with Gasteiger partial charge in [0, 0.05) is 6.04 Å². The van der Waals surface area contributed by atoms with Crippen molar-refractivity contribution in [3.05, 3.63) is 29.8 Å². The van der Waals surface area contributed by atoms with E-state index in [9.17, 15) is 0 Å². The first-order valence-corrected chi connectivity index (χ1v) is 7.37. The summed E-state index contributed by atoms with van der Waals surface area (Å²) in [6, 6.07) is 9.19. The number of halogens is 1. The van der Waals surface area contributed by atoms with Gasteiger partial charge in [-0.3, -0.25) is 0 Å². The molecule has 0 aliphatic heterocycles. The average Bonchev–Trinajstić information content (AvgIpc) is 2.37. The Bertz CT molecular complexity index is 349. The van der Waals surface area contributed by atoms with Gasteiger partial charge in [0.1, 0.15) is 5.75 Å². The van der Waals surface area contributed by atoms with Crippen molar-refractivity contribution in [3.8, 4) is 5.75 Å². The summed E-state index contributed by atoms with van der Waals surface area (Å²) in [6.45, 7) is 7.52. The Morgan fingerprint density at radius 1 is 1.00 bits per heavy atom. The summed E-state index contributed by atoms with van der Waals surface area (Å²) < 4.78 is 5.73. The zero-order chi connectivity index (χ0) is 14.3. The smallest absolute Gasteiger partial charge is 0.119 e. The third-order valence-electron chi connectivity index (χ3n) is 3.62. The number of hydrogen-bond acceptors (Lipinski definition) is 2. The van der Waals surface area contributed by atoms with Crippen LogP contribution in [0.1, 0.15) is 39.2 Å². The molecule has 0 saturated heterocycles. The molecule has 1 atom stereocenters. The first-order valence-electron chi connectivity index (χ1n) is 7.37. The fourth-order valence-corrected chi connectivity index (χ4v) is 1.80. The normalized spacial score (nSPS) is 12.3. The van der Waals surface area contributed by atoms with Gasteiger partial charge < -0.3 is 9.64 Å². The van der Waals surface area contributed by atoms with Crippen molar-refractivity contribution in [2.45, 2.75) is 46.1 Å². The molecule has 0 bridgehead atoms. The highest BCUT2D eigenvalue weighted by Crippen LogP contribution is 2.15. The van der Waals surface area contributed by atoms with Gasteiger partial charge in [-0.05, 0) is 63.9 Å². The van der Waals surface area contributed by atoms with Gasteiger partial charge in [-0.1, -0.05) is 26.0 Å². The van der Waals surface area contributed by atoms with Crippen LogP contribution in [0.4, 0.5) is 0 Å². The molecule has 0 aromatic heterocycles. The Balaban J connectivity index is 0.00000361. The molecule has 116 valence electrons. The van der Waals surface area contributed by atoms with Crippen LogP contribution >= 0.6 is 12.4 Å². The van der Waals surface area contributed by atoms with E-state index in [4.69, 9.17) is 4.74 Å². The number of ether oxygens (including phenoxy) is 1. The third-order valence-corrected chi connectivity index (χ3v) is 3.62. The highest BCUT2D eigenvalue weighted by atomic mass is 35.5. The van der Waals surface area contributed by atoms with E-state index in [1.54, 1.807) is 0 Å². The van der Waals surface area contributed by atoms with Crippen LogP contribution in [-0.2, 0) is 6.42 Å². The fourth-order valence-electron chi connectivity index (χ4n) is 1.80. The molecule has 0 spiro atoms. The van der Waals surface area contributed by atoms with E-state index in [-0.39, 0.29) is 12.4 Å². The molecule has 0 amide bonds. The zero-order valence-corrected chi connectivity index (χ0v) is 14.4. The minimum Gasteiger partial charge on any atom is -0.494 e. The van der Waals surface area contributed by atoms with E-state index in [1.165, 1.54) is 12.0 Å². The molecule has 20 heavy (non-hydrogen) atoms. The van der Waals surface area contributed by atoms with Gasteiger partial charge in [-0.15, -0.1) is 12.4 Å². The molecule has 0 saturated carbocycles. The van der Waals surface area contributed by atoms with Crippen LogP contribution < -0.4 is 4.74 Å². The van der Waals surface area contributed by atoms with Crippen LogP contribution in [0.3, 0.4) is 0 Å². The Kier molecular flexibility index (Phi) is 9.70. The number of benzene rings is 1. The van der Waals surface area contributed by atoms with Gasteiger partial charge >= 0.3 is 0 Å². The monoisotopic (exact) mass is 299 g/mol. The Morgan fingerprint density at radius 2 is 1.60 bits per heavy atom. The molecular formula is C17H30ClNO. The van der Waals surface area contributed by atoms with Crippen molar-refractivity contribution in [1.82, 2.24) is 4.90 Å². The van der Waals surface area contributed by atoms with E-state index < -0.39 is 0 Å². The molecule has 0 N–H and O–H groups in total. The highest BCUT2D eigenvalue weighted by molar-refractivity contribution is 5.85. The van der Waals surface area contributed by atoms with E-state index in [2.05, 4.69) is 64.0 Å². The van der Waals surface area contributed by atoms with Crippen molar-refractivity contribution in [3.63, 3.8) is 0 Å². The maximum Gasteiger partial charge on any atom is 0.119 e. The summed E-state index contributed by atoms with van der Waals surface area (Å²) in [6.07, 6.45) is 3.44. The Hall–Kier alpha value is -0.730. The predicted octanol–water partition coefficient (Wildman–Crippen LogP) is 4.42. The van der Waals surface area contributed by atoms with Crippen molar-refractivity contribution < 1.29 is 4.74 Å². The van der Waals surface area contributed by atoms with Crippen LogP contribution in [-0.4, -0.2) is 31.6 Å². The zero-order valence-electron chi connectivity index (χ0n) is 13.6. The third kappa shape index (κ3) is 7.76. The number of hydrogen-bond donors (Lipinski definition) is 0. The molecule has 1 unspecified atom stereocenters. The molecule has 0 fully saturated rings. The first kappa shape index (κ1) is 19.3. The van der Waals surface area contributed by atoms with Crippen LogP contribution in [0.2, 0.25) is 0 Å². The van der Waals surface area contributed by atoms with Gasteiger partial charge in [0.15, 0.2) is 0 Å². The quantitative estimate of drug-likeness (QED) is 0.705. The topological polar surface area (TPSA) is 12.5 Å². The minimum atomic E-state index is 0. The van der Waals surface area contributed by atoms with Crippen molar-refractivity contribution in [1.29, 1.82) is 0 Å². The van der Waals surface area contributed by atoms with Gasteiger partial charge in [-0.25, -0.2) is 0 Å². The van der Waals surface area contributed by atoms with Crippen LogP contribution in [0.25, 0.3) is 0 Å². The molecule has 1 aromatic carbocycles. The summed E-state index contributed by atoms with van der Waals surface area (Å²) in [4.78, 5) is 2.27. The molecule has 2 nitrogen and oxygen atoms in total. The lowest BCUT2D eigenvalue weighted by Crippen LogP contribution is -2.24. The predicted molar refractivity (Wildman–Crippen MR) is 90.1 cm³/mol. The summed E-state index contributed by atoms with van der Waals surface area (Å²) >= 11 is 0. The molecule has 1 rings (SSSR count). The minimum absolute atomic E-state index is 0.